The van der Waals surface area contributed by atoms with Gasteiger partial charge in [0.25, 0.3) is 5.91 Å². The highest BCUT2D eigenvalue weighted by Crippen LogP contribution is 2.32. The first-order valence-electron chi connectivity index (χ1n) is 7.47. The summed E-state index contributed by atoms with van der Waals surface area (Å²) in [5.74, 6) is -0.224. The van der Waals surface area contributed by atoms with Gasteiger partial charge >= 0.3 is 0 Å². The minimum absolute atomic E-state index is 0.0407. The first-order valence-corrected chi connectivity index (χ1v) is 7.47. The fourth-order valence-corrected chi connectivity index (χ4v) is 3.16. The van der Waals surface area contributed by atoms with Crippen LogP contribution in [0.3, 0.4) is 0 Å². The Bertz CT molecular complexity index is 767. The van der Waals surface area contributed by atoms with Crippen molar-refractivity contribution in [3.63, 3.8) is 0 Å². The van der Waals surface area contributed by atoms with Crippen molar-refractivity contribution in [1.29, 1.82) is 0 Å². The molecule has 110 valence electrons. The third-order valence-electron chi connectivity index (χ3n) is 4.35. The number of hydrogen-bond acceptors (Lipinski definition) is 2. The van der Waals surface area contributed by atoms with E-state index in [-0.39, 0.29) is 17.8 Å². The van der Waals surface area contributed by atoms with Crippen molar-refractivity contribution < 1.29 is 9.18 Å². The van der Waals surface area contributed by atoms with E-state index in [2.05, 4.69) is 4.99 Å². The molecule has 2 aromatic carbocycles. The molecule has 0 bridgehead atoms. The smallest absolute Gasteiger partial charge is 0.256 e. The number of carbonyl (C=O) groups excluding carboxylic acids is 1. The van der Waals surface area contributed by atoms with E-state index in [0.29, 0.717) is 11.3 Å². The number of halogens is 1. The van der Waals surface area contributed by atoms with Gasteiger partial charge < -0.3 is 4.90 Å². The topological polar surface area (TPSA) is 32.7 Å². The van der Waals surface area contributed by atoms with Crippen LogP contribution in [-0.2, 0) is 0 Å². The van der Waals surface area contributed by atoms with Gasteiger partial charge in [0.1, 0.15) is 5.82 Å². The zero-order valence-electron chi connectivity index (χ0n) is 12.0. The summed E-state index contributed by atoms with van der Waals surface area (Å²) in [6.45, 7) is 0.787. The lowest BCUT2D eigenvalue weighted by atomic mass is 10.0. The molecule has 22 heavy (non-hydrogen) atoms. The van der Waals surface area contributed by atoms with Crippen LogP contribution in [0.1, 0.15) is 23.2 Å². The van der Waals surface area contributed by atoms with Gasteiger partial charge in [0, 0.05) is 12.8 Å². The minimum atomic E-state index is -0.265. The van der Waals surface area contributed by atoms with E-state index < -0.39 is 0 Å². The fraction of sp³-hybridized carbons (Fsp3) is 0.222. The SMILES string of the molecule is O=C1c2cc(-c3ccc(F)cc3)ccc2N=C[C@@H]2CCCN12. The molecule has 0 spiro atoms. The predicted molar refractivity (Wildman–Crippen MR) is 84.0 cm³/mol. The minimum Gasteiger partial charge on any atom is -0.331 e. The van der Waals surface area contributed by atoms with Gasteiger partial charge in [-0.1, -0.05) is 18.2 Å². The molecule has 4 heteroatoms. The lowest BCUT2D eigenvalue weighted by Crippen LogP contribution is -2.35. The third-order valence-corrected chi connectivity index (χ3v) is 4.35. The molecule has 2 aliphatic rings. The molecule has 4 rings (SSSR count). The number of benzene rings is 2. The van der Waals surface area contributed by atoms with Crippen molar-refractivity contribution in [2.45, 2.75) is 18.9 Å². The van der Waals surface area contributed by atoms with E-state index in [9.17, 15) is 9.18 Å². The predicted octanol–water partition coefficient (Wildman–Crippen LogP) is 3.81. The number of hydrogen-bond donors (Lipinski definition) is 0. The second kappa shape index (κ2) is 5.05. The summed E-state index contributed by atoms with van der Waals surface area (Å²) in [6.07, 6.45) is 3.89. The van der Waals surface area contributed by atoms with Crippen LogP contribution < -0.4 is 0 Å². The summed E-state index contributed by atoms with van der Waals surface area (Å²) in [5, 5.41) is 0. The summed E-state index contributed by atoms with van der Waals surface area (Å²) in [6, 6.07) is 12.1. The van der Waals surface area contributed by atoms with Crippen molar-refractivity contribution >= 4 is 17.8 Å². The van der Waals surface area contributed by atoms with Gasteiger partial charge in [0.05, 0.1) is 17.3 Å². The second-order valence-corrected chi connectivity index (χ2v) is 5.73. The van der Waals surface area contributed by atoms with Crippen molar-refractivity contribution in [3.8, 4) is 11.1 Å². The Hall–Kier alpha value is -2.49. The van der Waals surface area contributed by atoms with Crippen LogP contribution in [0.4, 0.5) is 10.1 Å². The highest BCUT2D eigenvalue weighted by molar-refractivity contribution is 6.03. The molecule has 0 unspecified atom stereocenters. The molecule has 0 saturated carbocycles. The number of amides is 1. The molecule has 0 aromatic heterocycles. The van der Waals surface area contributed by atoms with Crippen LogP contribution in [0.5, 0.6) is 0 Å². The first kappa shape index (κ1) is 13.2. The molecule has 1 atom stereocenters. The van der Waals surface area contributed by atoms with E-state index in [1.807, 2.05) is 29.3 Å². The summed E-state index contributed by atoms with van der Waals surface area (Å²) in [5.41, 5.74) is 3.14. The maximum absolute atomic E-state index is 13.1. The van der Waals surface area contributed by atoms with Gasteiger partial charge in [-0.3, -0.25) is 9.79 Å². The quantitative estimate of drug-likeness (QED) is 0.787. The van der Waals surface area contributed by atoms with E-state index in [1.54, 1.807) is 12.1 Å². The Balaban J connectivity index is 1.78. The maximum atomic E-state index is 13.1. The van der Waals surface area contributed by atoms with Crippen molar-refractivity contribution in [1.82, 2.24) is 4.90 Å². The molecular weight excluding hydrogens is 279 g/mol. The summed E-state index contributed by atoms with van der Waals surface area (Å²) in [4.78, 5) is 19.1. The summed E-state index contributed by atoms with van der Waals surface area (Å²) < 4.78 is 13.1. The highest BCUT2D eigenvalue weighted by atomic mass is 19.1. The molecule has 1 amide bonds. The van der Waals surface area contributed by atoms with Crippen molar-refractivity contribution in [2.24, 2.45) is 4.99 Å². The fourth-order valence-electron chi connectivity index (χ4n) is 3.16. The van der Waals surface area contributed by atoms with Crippen LogP contribution in [0, 0.1) is 5.82 Å². The molecule has 3 nitrogen and oxygen atoms in total. The Kier molecular flexibility index (Phi) is 3.03. The maximum Gasteiger partial charge on any atom is 0.256 e. The van der Waals surface area contributed by atoms with Gasteiger partial charge in [-0.05, 0) is 48.2 Å². The molecular formula is C18H15FN2O. The number of carbonyl (C=O) groups is 1. The lowest BCUT2D eigenvalue weighted by molar-refractivity contribution is 0.0775. The third kappa shape index (κ3) is 2.11. The number of aliphatic imine (C=N–C) groups is 1. The average molecular weight is 294 g/mol. The van der Waals surface area contributed by atoms with E-state index in [1.165, 1.54) is 12.1 Å². The second-order valence-electron chi connectivity index (χ2n) is 5.73. The normalized spacial score (nSPS) is 19.8. The van der Waals surface area contributed by atoms with Crippen LogP contribution in [0.2, 0.25) is 0 Å². The highest BCUT2D eigenvalue weighted by Gasteiger charge is 2.31. The Morgan fingerprint density at radius 1 is 1.09 bits per heavy atom. The molecule has 1 saturated heterocycles. The number of fused-ring (bicyclic) bond motifs is 2. The summed E-state index contributed by atoms with van der Waals surface area (Å²) in [7, 11) is 0. The molecule has 2 aromatic rings. The van der Waals surface area contributed by atoms with Crippen LogP contribution in [-0.4, -0.2) is 29.6 Å². The molecule has 2 aliphatic heterocycles. The molecule has 0 radical (unpaired) electrons. The zero-order chi connectivity index (χ0) is 15.1. The Morgan fingerprint density at radius 3 is 2.68 bits per heavy atom. The molecule has 2 heterocycles. The van der Waals surface area contributed by atoms with Gasteiger partial charge in [0.15, 0.2) is 0 Å². The van der Waals surface area contributed by atoms with Crippen molar-refractivity contribution in [3.05, 3.63) is 53.8 Å². The zero-order valence-corrected chi connectivity index (χ0v) is 12.0. The first-order chi connectivity index (χ1) is 10.7. The van der Waals surface area contributed by atoms with Gasteiger partial charge in [-0.15, -0.1) is 0 Å². The van der Waals surface area contributed by atoms with E-state index in [0.717, 1.165) is 30.5 Å². The summed E-state index contributed by atoms with van der Waals surface area (Å²) >= 11 is 0. The molecule has 0 aliphatic carbocycles. The monoisotopic (exact) mass is 294 g/mol. The Labute approximate surface area is 128 Å². The lowest BCUT2D eigenvalue weighted by Gasteiger charge is -2.20. The van der Waals surface area contributed by atoms with Crippen LogP contribution in [0.15, 0.2) is 47.5 Å². The van der Waals surface area contributed by atoms with Gasteiger partial charge in [0.2, 0.25) is 0 Å². The van der Waals surface area contributed by atoms with Crippen LogP contribution in [0.25, 0.3) is 11.1 Å². The molecule has 0 N–H and O–H groups in total. The average Bonchev–Trinajstić information content (AvgIpc) is 2.97. The molecule has 1 fully saturated rings. The van der Waals surface area contributed by atoms with Crippen molar-refractivity contribution in [2.75, 3.05) is 6.54 Å². The van der Waals surface area contributed by atoms with Gasteiger partial charge in [-0.2, -0.15) is 0 Å². The van der Waals surface area contributed by atoms with E-state index >= 15 is 0 Å². The largest absolute Gasteiger partial charge is 0.331 e. The van der Waals surface area contributed by atoms with E-state index in [4.69, 9.17) is 0 Å². The standard InChI is InChI=1S/C18H15FN2O/c19-14-6-3-12(4-7-14)13-5-8-17-16(10-13)18(22)21-9-1-2-15(21)11-20-17/h3-8,10-11,15H,1-2,9H2/t15-/m0/s1. The van der Waals surface area contributed by atoms with Crippen LogP contribution >= 0.6 is 0 Å². The number of nitrogens with zero attached hydrogens (tertiary/aromatic N) is 2. The number of rotatable bonds is 1. The van der Waals surface area contributed by atoms with Gasteiger partial charge in [-0.25, -0.2) is 4.39 Å². The Morgan fingerprint density at radius 2 is 1.86 bits per heavy atom.